The van der Waals surface area contributed by atoms with Crippen LogP contribution in [-0.2, 0) is 6.42 Å². The molecule has 0 bridgehead atoms. The Kier molecular flexibility index (Phi) is 5.40. The number of anilines is 1. The third kappa shape index (κ3) is 4.36. The largest absolute Gasteiger partial charge is 0.476 e. The standard InChI is InChI=1S/C16H20N2O3/c1-2-11-20-16-14(17)7-8-15(18-16)21-13-5-3-12(4-6-13)9-10-19/h3-8,19H,2,9-11,17H2,1H3. The van der Waals surface area contributed by atoms with Crippen molar-refractivity contribution in [2.75, 3.05) is 18.9 Å². The van der Waals surface area contributed by atoms with Crippen LogP contribution in [0, 0.1) is 0 Å². The quantitative estimate of drug-likeness (QED) is 0.819. The summed E-state index contributed by atoms with van der Waals surface area (Å²) in [6, 6.07) is 10.9. The molecule has 0 radical (unpaired) electrons. The van der Waals surface area contributed by atoms with Crippen molar-refractivity contribution in [1.82, 2.24) is 4.98 Å². The van der Waals surface area contributed by atoms with Gasteiger partial charge in [-0.2, -0.15) is 4.98 Å². The van der Waals surface area contributed by atoms with Crippen LogP contribution in [0.15, 0.2) is 36.4 Å². The maximum atomic E-state index is 8.88. The molecule has 0 atom stereocenters. The number of nitrogens with two attached hydrogens (primary N) is 1. The van der Waals surface area contributed by atoms with E-state index in [0.717, 1.165) is 12.0 Å². The van der Waals surface area contributed by atoms with Crippen LogP contribution in [0.1, 0.15) is 18.9 Å². The first-order valence-corrected chi connectivity index (χ1v) is 7.00. The Morgan fingerprint density at radius 2 is 1.90 bits per heavy atom. The Morgan fingerprint density at radius 3 is 2.57 bits per heavy atom. The second-order valence-corrected chi connectivity index (χ2v) is 4.61. The van der Waals surface area contributed by atoms with Crippen LogP contribution < -0.4 is 15.2 Å². The highest BCUT2D eigenvalue weighted by atomic mass is 16.5. The zero-order chi connectivity index (χ0) is 15.1. The molecule has 0 amide bonds. The van der Waals surface area contributed by atoms with Gasteiger partial charge in [-0.05, 0) is 36.6 Å². The first kappa shape index (κ1) is 15.1. The molecule has 3 N–H and O–H groups in total. The molecule has 21 heavy (non-hydrogen) atoms. The molecule has 0 aliphatic rings. The summed E-state index contributed by atoms with van der Waals surface area (Å²) >= 11 is 0. The van der Waals surface area contributed by atoms with Gasteiger partial charge in [-0.15, -0.1) is 0 Å². The van der Waals surface area contributed by atoms with Crippen LogP contribution in [-0.4, -0.2) is 23.3 Å². The minimum atomic E-state index is 0.137. The summed E-state index contributed by atoms with van der Waals surface area (Å²) in [5.41, 5.74) is 7.36. The van der Waals surface area contributed by atoms with Gasteiger partial charge in [0.05, 0.1) is 12.3 Å². The number of aromatic nitrogens is 1. The zero-order valence-corrected chi connectivity index (χ0v) is 12.1. The smallest absolute Gasteiger partial charge is 0.240 e. The van der Waals surface area contributed by atoms with Crippen molar-refractivity contribution >= 4 is 5.69 Å². The second-order valence-electron chi connectivity index (χ2n) is 4.61. The lowest BCUT2D eigenvalue weighted by atomic mass is 10.1. The number of aliphatic hydroxyl groups excluding tert-OH is 1. The lowest BCUT2D eigenvalue weighted by Crippen LogP contribution is -2.02. The highest BCUT2D eigenvalue weighted by Gasteiger charge is 2.06. The Labute approximate surface area is 124 Å². The fourth-order valence-corrected chi connectivity index (χ4v) is 1.78. The highest BCUT2D eigenvalue weighted by molar-refractivity contribution is 5.49. The predicted molar refractivity (Wildman–Crippen MR) is 81.7 cm³/mol. The van der Waals surface area contributed by atoms with Gasteiger partial charge in [-0.1, -0.05) is 19.1 Å². The van der Waals surface area contributed by atoms with Crippen LogP contribution >= 0.6 is 0 Å². The molecule has 0 aliphatic heterocycles. The second kappa shape index (κ2) is 7.50. The Bertz CT molecular complexity index is 570. The molecule has 1 aromatic carbocycles. The number of nitrogens with zero attached hydrogens (tertiary/aromatic N) is 1. The fraction of sp³-hybridized carbons (Fsp3) is 0.312. The molecule has 112 valence electrons. The number of ether oxygens (including phenoxy) is 2. The summed E-state index contributed by atoms with van der Waals surface area (Å²) < 4.78 is 11.1. The number of pyridine rings is 1. The van der Waals surface area contributed by atoms with Crippen molar-refractivity contribution in [3.05, 3.63) is 42.0 Å². The van der Waals surface area contributed by atoms with E-state index in [1.807, 2.05) is 31.2 Å². The average Bonchev–Trinajstić information content (AvgIpc) is 2.50. The average molecular weight is 288 g/mol. The zero-order valence-electron chi connectivity index (χ0n) is 12.1. The van der Waals surface area contributed by atoms with Gasteiger partial charge in [0.2, 0.25) is 11.8 Å². The molecule has 0 unspecified atom stereocenters. The maximum Gasteiger partial charge on any atom is 0.240 e. The van der Waals surface area contributed by atoms with Gasteiger partial charge in [0.15, 0.2) is 0 Å². The minimum absolute atomic E-state index is 0.137. The maximum absolute atomic E-state index is 8.88. The van der Waals surface area contributed by atoms with E-state index in [9.17, 15) is 0 Å². The number of rotatable bonds is 7. The van der Waals surface area contributed by atoms with E-state index in [2.05, 4.69) is 4.98 Å². The summed E-state index contributed by atoms with van der Waals surface area (Å²) in [6.45, 7) is 2.72. The van der Waals surface area contributed by atoms with Crippen molar-refractivity contribution in [2.45, 2.75) is 19.8 Å². The van der Waals surface area contributed by atoms with E-state index in [4.69, 9.17) is 20.3 Å². The van der Waals surface area contributed by atoms with Crippen molar-refractivity contribution in [3.8, 4) is 17.5 Å². The topological polar surface area (TPSA) is 77.6 Å². The van der Waals surface area contributed by atoms with Crippen LogP contribution in [0.3, 0.4) is 0 Å². The molecular weight excluding hydrogens is 268 g/mol. The number of hydrogen-bond acceptors (Lipinski definition) is 5. The number of nitrogen functional groups attached to an aromatic ring is 1. The normalized spacial score (nSPS) is 10.4. The van der Waals surface area contributed by atoms with Gasteiger partial charge in [0.25, 0.3) is 0 Å². The molecule has 0 aliphatic carbocycles. The van der Waals surface area contributed by atoms with Gasteiger partial charge in [0.1, 0.15) is 5.75 Å². The molecule has 1 aromatic heterocycles. The molecule has 5 heteroatoms. The van der Waals surface area contributed by atoms with E-state index >= 15 is 0 Å². The van der Waals surface area contributed by atoms with Gasteiger partial charge in [0, 0.05) is 12.7 Å². The van der Waals surface area contributed by atoms with Crippen LogP contribution in [0.4, 0.5) is 5.69 Å². The van der Waals surface area contributed by atoms with Crippen molar-refractivity contribution in [2.24, 2.45) is 0 Å². The van der Waals surface area contributed by atoms with Crippen LogP contribution in [0.25, 0.3) is 0 Å². The molecule has 2 rings (SSSR count). The van der Waals surface area contributed by atoms with E-state index in [-0.39, 0.29) is 6.61 Å². The monoisotopic (exact) mass is 288 g/mol. The predicted octanol–water partition coefficient (Wildman–Crippen LogP) is 2.78. The van der Waals surface area contributed by atoms with E-state index in [1.165, 1.54) is 0 Å². The lowest BCUT2D eigenvalue weighted by molar-refractivity contribution is 0.299. The number of aliphatic hydroxyl groups is 1. The molecule has 0 fully saturated rings. The first-order chi connectivity index (χ1) is 10.2. The summed E-state index contributed by atoms with van der Waals surface area (Å²) in [5, 5.41) is 8.88. The molecule has 1 heterocycles. The highest BCUT2D eigenvalue weighted by Crippen LogP contribution is 2.26. The Hall–Kier alpha value is -2.27. The van der Waals surface area contributed by atoms with Crippen molar-refractivity contribution in [1.29, 1.82) is 0 Å². The summed E-state index contributed by atoms with van der Waals surface area (Å²) in [4.78, 5) is 4.25. The number of benzene rings is 1. The van der Waals surface area contributed by atoms with Gasteiger partial charge in [-0.25, -0.2) is 0 Å². The Morgan fingerprint density at radius 1 is 1.14 bits per heavy atom. The molecule has 2 aromatic rings. The minimum Gasteiger partial charge on any atom is -0.476 e. The van der Waals surface area contributed by atoms with Crippen LogP contribution in [0.2, 0.25) is 0 Å². The summed E-state index contributed by atoms with van der Waals surface area (Å²) in [6.07, 6.45) is 1.52. The van der Waals surface area contributed by atoms with Crippen molar-refractivity contribution in [3.63, 3.8) is 0 Å². The van der Waals surface area contributed by atoms with Crippen LogP contribution in [0.5, 0.6) is 17.5 Å². The third-order valence-electron chi connectivity index (χ3n) is 2.85. The first-order valence-electron chi connectivity index (χ1n) is 7.00. The fourth-order valence-electron chi connectivity index (χ4n) is 1.78. The van der Waals surface area contributed by atoms with Gasteiger partial charge >= 0.3 is 0 Å². The number of hydrogen-bond donors (Lipinski definition) is 2. The SMILES string of the molecule is CCCOc1nc(Oc2ccc(CCO)cc2)ccc1N. The van der Waals surface area contributed by atoms with E-state index < -0.39 is 0 Å². The van der Waals surface area contributed by atoms with Gasteiger partial charge < -0.3 is 20.3 Å². The molecular formula is C16H20N2O3. The summed E-state index contributed by atoms with van der Waals surface area (Å²) in [5.74, 6) is 1.51. The third-order valence-corrected chi connectivity index (χ3v) is 2.85. The summed E-state index contributed by atoms with van der Waals surface area (Å²) in [7, 11) is 0. The van der Waals surface area contributed by atoms with Gasteiger partial charge in [-0.3, -0.25) is 0 Å². The molecule has 0 saturated carbocycles. The van der Waals surface area contributed by atoms with Crippen molar-refractivity contribution < 1.29 is 14.6 Å². The Balaban J connectivity index is 2.08. The molecule has 5 nitrogen and oxygen atoms in total. The molecule has 0 spiro atoms. The lowest BCUT2D eigenvalue weighted by Gasteiger charge is -2.10. The van der Waals surface area contributed by atoms with E-state index in [0.29, 0.717) is 36.2 Å². The van der Waals surface area contributed by atoms with E-state index in [1.54, 1.807) is 12.1 Å². The molecule has 0 saturated heterocycles.